The highest BCUT2D eigenvalue weighted by atomic mass is 31.1. The molecule has 172 valence electrons. The van der Waals surface area contributed by atoms with Crippen LogP contribution in [0.4, 0.5) is 19.3 Å². The molecule has 2 amide bonds. The molecule has 1 saturated heterocycles. The fraction of sp³-hybridized carbons (Fsp3) is 0.417. The lowest BCUT2D eigenvalue weighted by molar-refractivity contribution is -0.121. The minimum Gasteiger partial charge on any atom is -0.444 e. The fourth-order valence-corrected chi connectivity index (χ4v) is 4.81. The van der Waals surface area contributed by atoms with Crippen molar-refractivity contribution >= 4 is 30.9 Å². The number of halogens is 2. The third-order valence-corrected chi connectivity index (χ3v) is 6.51. The minimum atomic E-state index is -1.07. The van der Waals surface area contributed by atoms with Crippen LogP contribution in [-0.4, -0.2) is 43.5 Å². The van der Waals surface area contributed by atoms with Crippen LogP contribution in [0.1, 0.15) is 33.6 Å². The van der Waals surface area contributed by atoms with Crippen LogP contribution in [0.2, 0.25) is 0 Å². The van der Waals surface area contributed by atoms with Gasteiger partial charge in [-0.3, -0.25) is 4.79 Å². The third kappa shape index (κ3) is 5.26. The Hall–Kier alpha value is -2.53. The molecule has 0 bridgehead atoms. The smallest absolute Gasteiger partial charge is 0.408 e. The van der Waals surface area contributed by atoms with Gasteiger partial charge in [0.05, 0.1) is 5.69 Å². The molecule has 1 atom stereocenters. The van der Waals surface area contributed by atoms with E-state index in [1.807, 2.05) is 12.1 Å². The second-order valence-electron chi connectivity index (χ2n) is 9.00. The number of hydrogen-bond donors (Lipinski definition) is 1. The first kappa shape index (κ1) is 24.1. The van der Waals surface area contributed by atoms with Gasteiger partial charge in [0, 0.05) is 12.1 Å². The second kappa shape index (κ2) is 9.53. The first-order chi connectivity index (χ1) is 15.0. The first-order valence-corrected chi connectivity index (χ1v) is 12.8. The molecule has 1 unspecified atom stereocenters. The molecule has 0 saturated carbocycles. The number of nitrogens with one attached hydrogen (secondary N) is 1. The molecule has 1 N–H and O–H groups in total. The summed E-state index contributed by atoms with van der Waals surface area (Å²) < 4.78 is 35.6. The van der Waals surface area contributed by atoms with Gasteiger partial charge < -0.3 is 15.0 Å². The highest BCUT2D eigenvalue weighted by molar-refractivity contribution is 7.64. The van der Waals surface area contributed by atoms with Crippen molar-refractivity contribution in [2.24, 2.45) is 0 Å². The molecule has 1 fully saturated rings. The number of alkyl carbamates (subject to hydrolysis) is 1. The predicted octanol–water partition coefficient (Wildman–Crippen LogP) is 5.02. The molecular weight excluding hydrogens is 433 g/mol. The maximum atomic E-state index is 15.2. The lowest BCUT2D eigenvalue weighted by atomic mass is 10.0. The summed E-state index contributed by atoms with van der Waals surface area (Å²) in [7, 11) is -0.520. The van der Waals surface area contributed by atoms with Crippen LogP contribution < -0.4 is 15.5 Å². The molecule has 2 aromatic rings. The van der Waals surface area contributed by atoms with Crippen LogP contribution in [0.5, 0.6) is 0 Å². The standard InChI is InChI=1S/C24H29F2N2O3P/c1-24(2,3)31-23(30)27-17-10-8-14-28(22(17)29)18-13-12-16(20(25)21(18)26)15-9-6-7-11-19(15)32(4)5/h6-7,9,11-13,17H,8,10,14H2,1-5H3,(H,27,30). The number of amides is 2. The summed E-state index contributed by atoms with van der Waals surface area (Å²) in [6.45, 7) is 9.52. The molecule has 0 radical (unpaired) electrons. The van der Waals surface area contributed by atoms with E-state index in [1.54, 1.807) is 32.9 Å². The lowest BCUT2D eigenvalue weighted by Crippen LogP contribution is -2.53. The number of nitrogens with zero attached hydrogens (tertiary/aromatic N) is 1. The van der Waals surface area contributed by atoms with Gasteiger partial charge in [0.2, 0.25) is 5.91 Å². The number of carbonyl (C=O) groups is 2. The van der Waals surface area contributed by atoms with E-state index < -0.39 is 43.2 Å². The summed E-state index contributed by atoms with van der Waals surface area (Å²) in [5, 5.41) is 3.53. The average Bonchev–Trinajstić information content (AvgIpc) is 2.70. The van der Waals surface area contributed by atoms with Gasteiger partial charge in [-0.1, -0.05) is 32.2 Å². The highest BCUT2D eigenvalue weighted by Crippen LogP contribution is 2.35. The van der Waals surface area contributed by atoms with E-state index in [0.29, 0.717) is 18.4 Å². The monoisotopic (exact) mass is 462 g/mol. The molecule has 0 aromatic heterocycles. The zero-order valence-electron chi connectivity index (χ0n) is 19.0. The van der Waals surface area contributed by atoms with Crippen LogP contribution in [0.15, 0.2) is 36.4 Å². The molecule has 1 aliphatic rings. The molecule has 3 rings (SSSR count). The summed E-state index contributed by atoms with van der Waals surface area (Å²) in [5.41, 5.74) is -0.00760. The van der Waals surface area contributed by atoms with Gasteiger partial charge in [-0.2, -0.15) is 0 Å². The number of anilines is 1. The van der Waals surface area contributed by atoms with E-state index in [9.17, 15) is 9.59 Å². The number of ether oxygens (including phenoxy) is 1. The molecule has 0 aliphatic carbocycles. The Bertz CT molecular complexity index is 1020. The van der Waals surface area contributed by atoms with Crippen molar-refractivity contribution < 1.29 is 23.1 Å². The molecule has 5 nitrogen and oxygen atoms in total. The van der Waals surface area contributed by atoms with Crippen molar-refractivity contribution in [1.29, 1.82) is 0 Å². The first-order valence-electron chi connectivity index (χ1n) is 10.5. The van der Waals surface area contributed by atoms with Crippen LogP contribution in [0.25, 0.3) is 11.1 Å². The second-order valence-corrected chi connectivity index (χ2v) is 11.3. The molecular formula is C24H29F2N2O3P. The van der Waals surface area contributed by atoms with Gasteiger partial charge >= 0.3 is 6.09 Å². The zero-order chi connectivity index (χ0) is 23.6. The summed E-state index contributed by atoms with van der Waals surface area (Å²) in [6, 6.07) is 9.48. The van der Waals surface area contributed by atoms with Crippen molar-refractivity contribution in [1.82, 2.24) is 5.32 Å². The summed E-state index contributed by atoms with van der Waals surface area (Å²) in [4.78, 5) is 26.2. The Morgan fingerprint density at radius 3 is 2.44 bits per heavy atom. The van der Waals surface area contributed by atoms with E-state index in [2.05, 4.69) is 18.6 Å². The third-order valence-electron chi connectivity index (χ3n) is 5.16. The largest absolute Gasteiger partial charge is 0.444 e. The molecule has 8 heteroatoms. The van der Waals surface area contributed by atoms with Crippen LogP contribution >= 0.6 is 7.92 Å². The average molecular weight is 462 g/mol. The van der Waals surface area contributed by atoms with Crippen LogP contribution in [0.3, 0.4) is 0 Å². The highest BCUT2D eigenvalue weighted by Gasteiger charge is 2.34. The molecule has 1 aliphatic heterocycles. The Labute approximate surface area is 188 Å². The quantitative estimate of drug-likeness (QED) is 0.650. The summed E-state index contributed by atoms with van der Waals surface area (Å²) in [5.74, 6) is -2.54. The number of hydrogen-bond acceptors (Lipinski definition) is 3. The topological polar surface area (TPSA) is 58.6 Å². The van der Waals surface area contributed by atoms with Gasteiger partial charge in [-0.05, 0) is 69.9 Å². The Morgan fingerprint density at radius 1 is 1.09 bits per heavy atom. The van der Waals surface area contributed by atoms with Crippen molar-refractivity contribution in [2.75, 3.05) is 24.8 Å². The maximum absolute atomic E-state index is 15.2. The van der Waals surface area contributed by atoms with E-state index in [-0.39, 0.29) is 17.8 Å². The van der Waals surface area contributed by atoms with Crippen molar-refractivity contribution in [3.8, 4) is 11.1 Å². The summed E-state index contributed by atoms with van der Waals surface area (Å²) in [6.07, 6.45) is 0.223. The molecule has 2 aromatic carbocycles. The van der Waals surface area contributed by atoms with E-state index >= 15 is 8.78 Å². The number of benzene rings is 2. The predicted molar refractivity (Wildman–Crippen MR) is 125 cm³/mol. The normalized spacial score (nSPS) is 16.9. The molecule has 32 heavy (non-hydrogen) atoms. The van der Waals surface area contributed by atoms with Crippen LogP contribution in [-0.2, 0) is 9.53 Å². The van der Waals surface area contributed by atoms with Crippen molar-refractivity contribution in [3.63, 3.8) is 0 Å². The zero-order valence-corrected chi connectivity index (χ0v) is 19.9. The van der Waals surface area contributed by atoms with E-state index in [1.165, 1.54) is 17.0 Å². The van der Waals surface area contributed by atoms with Crippen LogP contribution in [0, 0.1) is 11.6 Å². The fourth-order valence-electron chi connectivity index (χ4n) is 3.75. The van der Waals surface area contributed by atoms with Gasteiger partial charge in [0.15, 0.2) is 11.6 Å². The number of rotatable bonds is 4. The molecule has 1 heterocycles. The SMILES string of the molecule is CP(C)c1ccccc1-c1ccc(N2CCCC(NC(=O)OC(C)(C)C)C2=O)c(F)c1F. The number of carbonyl (C=O) groups excluding carboxylic acids is 2. The van der Waals surface area contributed by atoms with Crippen molar-refractivity contribution in [2.45, 2.75) is 45.3 Å². The lowest BCUT2D eigenvalue weighted by Gasteiger charge is -2.33. The minimum absolute atomic E-state index is 0.125. The van der Waals surface area contributed by atoms with E-state index in [0.717, 1.165) is 5.30 Å². The van der Waals surface area contributed by atoms with Gasteiger partial charge in [0.25, 0.3) is 0 Å². The van der Waals surface area contributed by atoms with Crippen molar-refractivity contribution in [3.05, 3.63) is 48.0 Å². The van der Waals surface area contributed by atoms with Gasteiger partial charge in [-0.15, -0.1) is 0 Å². The molecule has 0 spiro atoms. The Kier molecular flexibility index (Phi) is 7.19. The van der Waals surface area contributed by atoms with Gasteiger partial charge in [-0.25, -0.2) is 13.6 Å². The summed E-state index contributed by atoms with van der Waals surface area (Å²) >= 11 is 0. The van der Waals surface area contributed by atoms with Gasteiger partial charge in [0.1, 0.15) is 11.6 Å². The maximum Gasteiger partial charge on any atom is 0.408 e. The Balaban J connectivity index is 1.88. The van der Waals surface area contributed by atoms with E-state index in [4.69, 9.17) is 4.74 Å². The Morgan fingerprint density at radius 2 is 1.78 bits per heavy atom. The number of piperidine rings is 1.